The van der Waals surface area contributed by atoms with E-state index >= 15 is 0 Å². The number of rotatable bonds is 6. The van der Waals surface area contributed by atoms with Crippen molar-refractivity contribution in [2.75, 3.05) is 5.32 Å². The molecule has 1 atom stereocenters. The molecule has 0 saturated carbocycles. The zero-order valence-electron chi connectivity index (χ0n) is 14.0. The lowest BCUT2D eigenvalue weighted by Gasteiger charge is -2.18. The van der Waals surface area contributed by atoms with Crippen molar-refractivity contribution in [1.82, 2.24) is 4.72 Å². The van der Waals surface area contributed by atoms with Gasteiger partial charge in [0.25, 0.3) is 0 Å². The summed E-state index contributed by atoms with van der Waals surface area (Å²) in [7, 11) is -3.64. The van der Waals surface area contributed by atoms with Crippen molar-refractivity contribution in [2.45, 2.75) is 38.1 Å². The van der Waals surface area contributed by atoms with Gasteiger partial charge in [-0.15, -0.1) is 0 Å². The Morgan fingerprint density at radius 1 is 1.04 bits per heavy atom. The number of hydrogen-bond acceptors (Lipinski definition) is 3. The highest BCUT2D eigenvalue weighted by atomic mass is 32.2. The van der Waals surface area contributed by atoms with Crippen LogP contribution in [0.25, 0.3) is 0 Å². The SMILES string of the molecule is CCC(NS(=O)(=O)c1ccc(NC(C)=O)cc1)c1ccc(C)cc1. The Kier molecular flexibility index (Phi) is 5.75. The first-order valence-electron chi connectivity index (χ1n) is 7.78. The highest BCUT2D eigenvalue weighted by Crippen LogP contribution is 2.21. The van der Waals surface area contributed by atoms with Gasteiger partial charge in [-0.05, 0) is 43.2 Å². The molecule has 5 nitrogen and oxygen atoms in total. The quantitative estimate of drug-likeness (QED) is 0.842. The third-order valence-electron chi connectivity index (χ3n) is 3.67. The highest BCUT2D eigenvalue weighted by Gasteiger charge is 2.20. The number of aryl methyl sites for hydroxylation is 1. The van der Waals surface area contributed by atoms with Crippen LogP contribution >= 0.6 is 0 Å². The van der Waals surface area contributed by atoms with Gasteiger partial charge in [0.2, 0.25) is 15.9 Å². The summed E-state index contributed by atoms with van der Waals surface area (Å²) in [6.45, 7) is 5.33. The number of sulfonamides is 1. The molecule has 6 heteroatoms. The Labute approximate surface area is 143 Å². The Morgan fingerprint density at radius 3 is 2.12 bits per heavy atom. The van der Waals surface area contributed by atoms with Crippen LogP contribution in [0.1, 0.15) is 37.4 Å². The van der Waals surface area contributed by atoms with Gasteiger partial charge in [0.15, 0.2) is 0 Å². The van der Waals surface area contributed by atoms with E-state index in [0.717, 1.165) is 11.1 Å². The summed E-state index contributed by atoms with van der Waals surface area (Å²) in [6.07, 6.45) is 0.645. The van der Waals surface area contributed by atoms with Crippen LogP contribution in [0.5, 0.6) is 0 Å². The van der Waals surface area contributed by atoms with Crippen molar-refractivity contribution in [1.29, 1.82) is 0 Å². The second kappa shape index (κ2) is 7.59. The molecule has 0 aliphatic carbocycles. The lowest BCUT2D eigenvalue weighted by Crippen LogP contribution is -2.28. The fraction of sp³-hybridized carbons (Fsp3) is 0.278. The molecule has 2 rings (SSSR count). The van der Waals surface area contributed by atoms with Crippen LogP contribution in [0.3, 0.4) is 0 Å². The smallest absolute Gasteiger partial charge is 0.241 e. The van der Waals surface area contributed by atoms with E-state index in [0.29, 0.717) is 12.1 Å². The minimum absolute atomic E-state index is 0.169. The van der Waals surface area contributed by atoms with Gasteiger partial charge in [-0.25, -0.2) is 13.1 Å². The Balaban J connectivity index is 2.19. The third kappa shape index (κ3) is 4.66. The van der Waals surface area contributed by atoms with Crippen molar-refractivity contribution in [3.05, 3.63) is 59.7 Å². The summed E-state index contributed by atoms with van der Waals surface area (Å²) in [5.41, 5.74) is 2.62. The predicted molar refractivity (Wildman–Crippen MR) is 95.3 cm³/mol. The molecule has 0 fully saturated rings. The molecule has 0 saturated heterocycles. The van der Waals surface area contributed by atoms with Gasteiger partial charge in [-0.1, -0.05) is 36.8 Å². The normalized spacial score (nSPS) is 12.6. The van der Waals surface area contributed by atoms with Crippen molar-refractivity contribution in [3.8, 4) is 0 Å². The Hall–Kier alpha value is -2.18. The Bertz CT molecular complexity index is 797. The summed E-state index contributed by atoms with van der Waals surface area (Å²) < 4.78 is 27.9. The topological polar surface area (TPSA) is 75.3 Å². The zero-order chi connectivity index (χ0) is 17.7. The molecule has 0 aliphatic heterocycles. The second-order valence-corrected chi connectivity index (χ2v) is 7.41. The van der Waals surface area contributed by atoms with Crippen LogP contribution in [0.15, 0.2) is 53.4 Å². The molecule has 1 unspecified atom stereocenters. The average molecular weight is 346 g/mol. The molecular formula is C18H22N2O3S. The van der Waals surface area contributed by atoms with Crippen LogP contribution in [0, 0.1) is 6.92 Å². The first kappa shape index (κ1) is 18.2. The molecule has 2 aromatic rings. The van der Waals surface area contributed by atoms with E-state index in [-0.39, 0.29) is 16.8 Å². The number of anilines is 1. The van der Waals surface area contributed by atoms with E-state index in [1.807, 2.05) is 38.1 Å². The first-order valence-corrected chi connectivity index (χ1v) is 9.26. The molecule has 2 aromatic carbocycles. The number of nitrogens with one attached hydrogen (secondary N) is 2. The monoisotopic (exact) mass is 346 g/mol. The van der Waals surface area contributed by atoms with Gasteiger partial charge in [-0.3, -0.25) is 4.79 Å². The lowest BCUT2D eigenvalue weighted by atomic mass is 10.0. The van der Waals surface area contributed by atoms with Crippen molar-refractivity contribution < 1.29 is 13.2 Å². The number of carbonyl (C=O) groups is 1. The summed E-state index contributed by atoms with van der Waals surface area (Å²) in [5.74, 6) is -0.200. The van der Waals surface area contributed by atoms with Crippen LogP contribution in [-0.4, -0.2) is 14.3 Å². The maximum absolute atomic E-state index is 12.6. The first-order chi connectivity index (χ1) is 11.3. The van der Waals surface area contributed by atoms with Gasteiger partial charge >= 0.3 is 0 Å². The molecule has 1 amide bonds. The molecule has 24 heavy (non-hydrogen) atoms. The van der Waals surface area contributed by atoms with Gasteiger partial charge in [0.1, 0.15) is 0 Å². The van der Waals surface area contributed by atoms with Crippen LogP contribution < -0.4 is 10.0 Å². The maximum Gasteiger partial charge on any atom is 0.241 e. The fourth-order valence-electron chi connectivity index (χ4n) is 2.36. The molecular weight excluding hydrogens is 324 g/mol. The third-order valence-corrected chi connectivity index (χ3v) is 5.16. The van der Waals surface area contributed by atoms with E-state index in [1.54, 1.807) is 12.1 Å². The van der Waals surface area contributed by atoms with Crippen LogP contribution in [-0.2, 0) is 14.8 Å². The molecule has 128 valence electrons. The number of amides is 1. The molecule has 0 aliphatic rings. The molecule has 0 heterocycles. The van der Waals surface area contributed by atoms with E-state index in [9.17, 15) is 13.2 Å². The van der Waals surface area contributed by atoms with Crippen molar-refractivity contribution in [3.63, 3.8) is 0 Å². The van der Waals surface area contributed by atoms with Crippen molar-refractivity contribution in [2.24, 2.45) is 0 Å². The van der Waals surface area contributed by atoms with Gasteiger partial charge < -0.3 is 5.32 Å². The fourth-order valence-corrected chi connectivity index (χ4v) is 3.67. The molecule has 0 bridgehead atoms. The van der Waals surface area contributed by atoms with Crippen LogP contribution in [0.2, 0.25) is 0 Å². The van der Waals surface area contributed by atoms with E-state index < -0.39 is 10.0 Å². The van der Waals surface area contributed by atoms with Gasteiger partial charge in [0, 0.05) is 18.7 Å². The van der Waals surface area contributed by atoms with Gasteiger partial charge in [-0.2, -0.15) is 0 Å². The van der Waals surface area contributed by atoms with Gasteiger partial charge in [0.05, 0.1) is 4.90 Å². The molecule has 0 aromatic heterocycles. The number of hydrogen-bond donors (Lipinski definition) is 2. The molecule has 2 N–H and O–H groups in total. The summed E-state index contributed by atoms with van der Waals surface area (Å²) >= 11 is 0. The Morgan fingerprint density at radius 2 is 1.62 bits per heavy atom. The lowest BCUT2D eigenvalue weighted by molar-refractivity contribution is -0.114. The number of carbonyl (C=O) groups excluding carboxylic acids is 1. The molecule has 0 spiro atoms. The zero-order valence-corrected chi connectivity index (χ0v) is 14.9. The predicted octanol–water partition coefficient (Wildman–Crippen LogP) is 3.38. The average Bonchev–Trinajstić information content (AvgIpc) is 2.53. The minimum atomic E-state index is -3.64. The van der Waals surface area contributed by atoms with E-state index in [4.69, 9.17) is 0 Å². The summed E-state index contributed by atoms with van der Waals surface area (Å²) in [5, 5.41) is 2.61. The summed E-state index contributed by atoms with van der Waals surface area (Å²) in [6, 6.07) is 13.6. The van der Waals surface area contributed by atoms with Crippen molar-refractivity contribution >= 4 is 21.6 Å². The van der Waals surface area contributed by atoms with E-state index in [2.05, 4.69) is 10.0 Å². The standard InChI is InChI=1S/C18H22N2O3S/c1-4-18(15-7-5-13(2)6-8-15)20-24(22,23)17-11-9-16(10-12-17)19-14(3)21/h5-12,18,20H,4H2,1-3H3,(H,19,21). The molecule has 0 radical (unpaired) electrons. The highest BCUT2D eigenvalue weighted by molar-refractivity contribution is 7.89. The van der Waals surface area contributed by atoms with E-state index in [1.165, 1.54) is 19.1 Å². The largest absolute Gasteiger partial charge is 0.326 e. The second-order valence-electron chi connectivity index (χ2n) is 5.70. The maximum atomic E-state index is 12.6. The minimum Gasteiger partial charge on any atom is -0.326 e. The number of benzene rings is 2. The summed E-state index contributed by atoms with van der Waals surface area (Å²) in [4.78, 5) is 11.2. The van der Waals surface area contributed by atoms with Crippen LogP contribution in [0.4, 0.5) is 5.69 Å².